The van der Waals surface area contributed by atoms with Gasteiger partial charge in [0.1, 0.15) is 23.9 Å². The lowest BCUT2D eigenvalue weighted by Crippen LogP contribution is -2.19. The molecule has 0 aliphatic carbocycles. The third-order valence-corrected chi connectivity index (χ3v) is 6.56. The fourth-order valence-electron chi connectivity index (χ4n) is 4.70. The number of hydrogen-bond acceptors (Lipinski definition) is 5. The van der Waals surface area contributed by atoms with Crippen LogP contribution in [0.2, 0.25) is 0 Å². The van der Waals surface area contributed by atoms with Gasteiger partial charge in [0.15, 0.2) is 0 Å². The summed E-state index contributed by atoms with van der Waals surface area (Å²) in [5.74, 6) is 0.174. The number of fused-ring (bicyclic) bond motifs is 2. The average Bonchev–Trinajstić information content (AvgIpc) is 3.51. The van der Waals surface area contributed by atoms with Crippen LogP contribution in [-0.4, -0.2) is 52.3 Å². The van der Waals surface area contributed by atoms with Crippen LogP contribution in [0.25, 0.3) is 55.4 Å². The van der Waals surface area contributed by atoms with Gasteiger partial charge in [-0.15, -0.1) is 0 Å². The number of pyridine rings is 1. The van der Waals surface area contributed by atoms with Gasteiger partial charge in [-0.1, -0.05) is 18.2 Å². The summed E-state index contributed by atoms with van der Waals surface area (Å²) in [7, 11) is 3.95. The first kappa shape index (κ1) is 23.7. The predicted molar refractivity (Wildman–Crippen MR) is 150 cm³/mol. The van der Waals surface area contributed by atoms with Crippen LogP contribution in [0.5, 0.6) is 5.75 Å². The molecule has 4 N–H and O–H groups in total. The Morgan fingerprint density at radius 3 is 2.63 bits per heavy atom. The van der Waals surface area contributed by atoms with E-state index in [1.54, 1.807) is 12.4 Å². The van der Waals surface area contributed by atoms with Crippen LogP contribution in [0.15, 0.2) is 79.1 Å². The van der Waals surface area contributed by atoms with Crippen molar-refractivity contribution in [1.29, 1.82) is 0 Å². The standard InChI is InChI=1S/C30H27FN6O/c1-37(2)8-9-38-23-12-19(10-21(31)14-23)24-4-3-5-27-25(24)15-29(34-27)30-26-13-18(6-7-28(26)35-36-30)20-11-22(32)17-33-16-20/h3-7,10-17,34H,8-9,32H2,1-2H3,(H,35,36). The number of nitrogens with two attached hydrogens (primary N) is 1. The second-order valence-electron chi connectivity index (χ2n) is 9.62. The molecule has 8 heteroatoms. The highest BCUT2D eigenvalue weighted by atomic mass is 19.1. The van der Waals surface area contributed by atoms with E-state index >= 15 is 0 Å². The monoisotopic (exact) mass is 506 g/mol. The number of ether oxygens (including phenoxy) is 1. The van der Waals surface area contributed by atoms with Gasteiger partial charge in [-0.2, -0.15) is 5.10 Å². The van der Waals surface area contributed by atoms with Crippen molar-refractivity contribution in [2.75, 3.05) is 33.0 Å². The number of halogens is 1. The van der Waals surface area contributed by atoms with Crippen molar-refractivity contribution >= 4 is 27.5 Å². The number of likely N-dealkylation sites (N-methyl/N-ethyl adjacent to an activating group) is 1. The van der Waals surface area contributed by atoms with E-state index in [-0.39, 0.29) is 5.82 Å². The van der Waals surface area contributed by atoms with Gasteiger partial charge in [0, 0.05) is 46.9 Å². The number of aromatic nitrogens is 4. The summed E-state index contributed by atoms with van der Waals surface area (Å²) in [5, 5.41) is 9.69. The minimum atomic E-state index is -0.336. The molecular weight excluding hydrogens is 479 g/mol. The fraction of sp³-hybridized carbons (Fsp3) is 0.133. The lowest BCUT2D eigenvalue weighted by Gasteiger charge is -2.12. The third kappa shape index (κ3) is 4.57. The van der Waals surface area contributed by atoms with Crippen molar-refractivity contribution in [3.63, 3.8) is 0 Å². The fourth-order valence-corrected chi connectivity index (χ4v) is 4.70. The van der Waals surface area contributed by atoms with E-state index in [9.17, 15) is 4.39 Å². The molecule has 0 aliphatic heterocycles. The summed E-state index contributed by atoms with van der Waals surface area (Å²) in [6, 6.07) is 20.9. The zero-order valence-corrected chi connectivity index (χ0v) is 21.1. The highest BCUT2D eigenvalue weighted by Crippen LogP contribution is 2.36. The molecule has 0 aliphatic rings. The maximum absolute atomic E-state index is 14.6. The van der Waals surface area contributed by atoms with Crippen molar-refractivity contribution in [3.8, 4) is 39.4 Å². The van der Waals surface area contributed by atoms with Crippen molar-refractivity contribution in [2.24, 2.45) is 0 Å². The number of nitrogen functional groups attached to an aromatic ring is 1. The Morgan fingerprint density at radius 1 is 0.895 bits per heavy atom. The number of hydrogen-bond donors (Lipinski definition) is 3. The first-order valence-corrected chi connectivity index (χ1v) is 12.3. The van der Waals surface area contributed by atoms with E-state index in [1.165, 1.54) is 12.1 Å². The van der Waals surface area contributed by atoms with Gasteiger partial charge in [-0.25, -0.2) is 4.39 Å². The molecule has 0 saturated heterocycles. The van der Waals surface area contributed by atoms with Crippen LogP contribution in [-0.2, 0) is 0 Å². The number of rotatable bonds is 7. The summed E-state index contributed by atoms with van der Waals surface area (Å²) < 4.78 is 20.4. The Kier molecular flexibility index (Phi) is 6.01. The van der Waals surface area contributed by atoms with E-state index in [1.807, 2.05) is 61.5 Å². The van der Waals surface area contributed by atoms with E-state index in [0.29, 0.717) is 18.0 Å². The summed E-state index contributed by atoms with van der Waals surface area (Å²) in [4.78, 5) is 9.74. The quantitative estimate of drug-likeness (QED) is 0.243. The van der Waals surface area contributed by atoms with Gasteiger partial charge in [-0.3, -0.25) is 10.1 Å². The number of nitrogens with zero attached hydrogens (tertiary/aromatic N) is 3. The number of aromatic amines is 2. The van der Waals surface area contributed by atoms with Crippen LogP contribution >= 0.6 is 0 Å². The van der Waals surface area contributed by atoms with E-state index in [0.717, 1.165) is 62.0 Å². The summed E-state index contributed by atoms with van der Waals surface area (Å²) in [6.45, 7) is 1.23. The van der Waals surface area contributed by atoms with Gasteiger partial charge in [0.25, 0.3) is 0 Å². The molecule has 3 aromatic heterocycles. The van der Waals surface area contributed by atoms with E-state index in [2.05, 4.69) is 32.3 Å². The Hall–Kier alpha value is -4.69. The highest BCUT2D eigenvalue weighted by molar-refractivity contribution is 6.02. The van der Waals surface area contributed by atoms with Crippen LogP contribution in [0.3, 0.4) is 0 Å². The van der Waals surface area contributed by atoms with Gasteiger partial charge < -0.3 is 20.4 Å². The molecule has 0 fully saturated rings. The summed E-state index contributed by atoms with van der Waals surface area (Å²) >= 11 is 0. The van der Waals surface area contributed by atoms with Gasteiger partial charge in [0.2, 0.25) is 0 Å². The summed E-state index contributed by atoms with van der Waals surface area (Å²) in [5.41, 5.74) is 13.7. The number of nitrogens with one attached hydrogen (secondary N) is 2. The molecule has 0 saturated carbocycles. The van der Waals surface area contributed by atoms with Crippen LogP contribution in [0.1, 0.15) is 0 Å². The Labute approximate surface area is 219 Å². The maximum Gasteiger partial charge on any atom is 0.127 e. The van der Waals surface area contributed by atoms with Crippen LogP contribution in [0, 0.1) is 5.82 Å². The maximum atomic E-state index is 14.6. The lowest BCUT2D eigenvalue weighted by molar-refractivity contribution is 0.260. The number of H-pyrrole nitrogens is 2. The van der Waals surface area contributed by atoms with Crippen molar-refractivity contribution in [2.45, 2.75) is 0 Å². The van der Waals surface area contributed by atoms with Crippen LogP contribution < -0.4 is 10.5 Å². The smallest absolute Gasteiger partial charge is 0.127 e. The highest BCUT2D eigenvalue weighted by Gasteiger charge is 2.15. The molecule has 190 valence electrons. The van der Waals surface area contributed by atoms with Gasteiger partial charge in [-0.05, 0) is 73.3 Å². The molecule has 38 heavy (non-hydrogen) atoms. The van der Waals surface area contributed by atoms with Gasteiger partial charge >= 0.3 is 0 Å². The topological polar surface area (TPSA) is 95.8 Å². The molecule has 7 nitrogen and oxygen atoms in total. The molecule has 3 aromatic carbocycles. The minimum Gasteiger partial charge on any atom is -0.492 e. The lowest BCUT2D eigenvalue weighted by atomic mass is 10.0. The molecule has 0 amide bonds. The number of anilines is 1. The predicted octanol–water partition coefficient (Wildman–Crippen LogP) is 6.10. The van der Waals surface area contributed by atoms with E-state index < -0.39 is 0 Å². The average molecular weight is 507 g/mol. The molecule has 0 radical (unpaired) electrons. The molecule has 0 atom stereocenters. The third-order valence-electron chi connectivity index (χ3n) is 6.56. The Bertz CT molecular complexity index is 1770. The van der Waals surface area contributed by atoms with Crippen molar-refractivity contribution in [3.05, 3.63) is 84.9 Å². The SMILES string of the molecule is CN(C)CCOc1cc(F)cc(-c2cccc3[nH]c(-c4n[nH]c5ccc(-c6cncc(N)c6)cc45)cc23)c1. The van der Waals surface area contributed by atoms with Crippen molar-refractivity contribution < 1.29 is 9.13 Å². The first-order chi connectivity index (χ1) is 18.4. The molecule has 3 heterocycles. The number of benzene rings is 3. The zero-order chi connectivity index (χ0) is 26.2. The van der Waals surface area contributed by atoms with Crippen LogP contribution in [0.4, 0.5) is 10.1 Å². The Balaban J connectivity index is 1.40. The van der Waals surface area contributed by atoms with Crippen molar-refractivity contribution in [1.82, 2.24) is 25.1 Å². The molecule has 0 unspecified atom stereocenters. The largest absolute Gasteiger partial charge is 0.492 e. The molecule has 0 spiro atoms. The second kappa shape index (κ2) is 9.64. The first-order valence-electron chi connectivity index (χ1n) is 12.3. The molecule has 6 aromatic rings. The normalized spacial score (nSPS) is 11.6. The second-order valence-corrected chi connectivity index (χ2v) is 9.62. The van der Waals surface area contributed by atoms with E-state index in [4.69, 9.17) is 10.5 Å². The summed E-state index contributed by atoms with van der Waals surface area (Å²) in [6.07, 6.45) is 3.43. The Morgan fingerprint density at radius 2 is 1.79 bits per heavy atom. The molecule has 0 bridgehead atoms. The molecule has 6 rings (SSSR count). The van der Waals surface area contributed by atoms with Gasteiger partial charge in [0.05, 0.1) is 16.9 Å². The molecular formula is C30H27FN6O. The zero-order valence-electron chi connectivity index (χ0n) is 21.1. The minimum absolute atomic E-state index is 0.336.